The maximum absolute atomic E-state index is 13.1. The molecule has 1 aromatic heterocycles. The molecule has 1 fully saturated rings. The Bertz CT molecular complexity index is 1230. The number of carbonyl (C=O) groups is 3. The Morgan fingerprint density at radius 2 is 1.71 bits per heavy atom. The number of anilines is 1. The molecule has 156 valence electrons. The van der Waals surface area contributed by atoms with E-state index in [1.165, 1.54) is 18.2 Å². The summed E-state index contributed by atoms with van der Waals surface area (Å²) in [4.78, 5) is 38.8. The third kappa shape index (κ3) is 3.81. The Balaban J connectivity index is 1.75. The van der Waals surface area contributed by atoms with Gasteiger partial charge in [0.05, 0.1) is 22.8 Å². The van der Waals surface area contributed by atoms with E-state index in [0.29, 0.717) is 11.4 Å². The van der Waals surface area contributed by atoms with Crippen molar-refractivity contribution in [3.63, 3.8) is 0 Å². The van der Waals surface area contributed by atoms with E-state index in [1.54, 1.807) is 48.2 Å². The van der Waals surface area contributed by atoms with Crippen LogP contribution >= 0.6 is 23.2 Å². The quantitative estimate of drug-likeness (QED) is 0.465. The van der Waals surface area contributed by atoms with Crippen molar-refractivity contribution in [2.24, 2.45) is 0 Å². The molecule has 1 N–H and O–H groups in total. The number of carbonyl (C=O) groups excluding carboxylic acids is 3. The van der Waals surface area contributed by atoms with Crippen LogP contribution in [0.25, 0.3) is 11.8 Å². The number of rotatable bonds is 4. The lowest BCUT2D eigenvalue weighted by Gasteiger charge is -2.27. The molecule has 0 aliphatic carbocycles. The van der Waals surface area contributed by atoms with Crippen LogP contribution in [0.5, 0.6) is 5.75 Å². The summed E-state index contributed by atoms with van der Waals surface area (Å²) in [6.07, 6.45) is 3.20. The zero-order valence-corrected chi connectivity index (χ0v) is 17.6. The Labute approximate surface area is 187 Å². The van der Waals surface area contributed by atoms with Crippen LogP contribution in [0, 0.1) is 0 Å². The molecule has 0 radical (unpaired) electrons. The van der Waals surface area contributed by atoms with Gasteiger partial charge in [0.15, 0.2) is 0 Å². The van der Waals surface area contributed by atoms with E-state index < -0.39 is 17.8 Å². The Morgan fingerprint density at radius 3 is 2.42 bits per heavy atom. The van der Waals surface area contributed by atoms with Crippen molar-refractivity contribution in [1.29, 1.82) is 0 Å². The molecule has 9 heteroatoms. The molecular formula is C22H15Cl2N3O4. The second-order valence-electron chi connectivity index (χ2n) is 6.53. The third-order valence-corrected chi connectivity index (χ3v) is 5.51. The van der Waals surface area contributed by atoms with Crippen molar-refractivity contribution in [2.45, 2.75) is 0 Å². The Hall–Kier alpha value is -3.55. The number of hydrogen-bond donors (Lipinski definition) is 1. The number of aromatic nitrogens is 1. The number of benzene rings is 2. The standard InChI is InChI=1S/C22H15Cl2N3O4/c1-31-15-9-7-13(8-10-15)26-11-3-4-14(26)12-16-20(28)25-22(30)27(21(16)29)18-6-2-5-17(23)19(18)24/h2-12H,1H3,(H,25,28,30)/b16-12+. The average molecular weight is 456 g/mol. The molecule has 1 aliphatic heterocycles. The predicted octanol–water partition coefficient (Wildman–Crippen LogP) is 4.46. The highest BCUT2D eigenvalue weighted by Gasteiger charge is 2.38. The third-order valence-electron chi connectivity index (χ3n) is 4.70. The number of amides is 4. The lowest BCUT2D eigenvalue weighted by atomic mass is 10.1. The number of nitrogens with one attached hydrogen (secondary N) is 1. The molecule has 0 unspecified atom stereocenters. The van der Waals surface area contributed by atoms with Gasteiger partial charge in [0.25, 0.3) is 11.8 Å². The zero-order valence-electron chi connectivity index (χ0n) is 16.1. The largest absolute Gasteiger partial charge is 0.497 e. The minimum atomic E-state index is -0.901. The highest BCUT2D eigenvalue weighted by molar-refractivity contribution is 6.46. The summed E-state index contributed by atoms with van der Waals surface area (Å²) in [6.45, 7) is 0. The number of ether oxygens (including phenoxy) is 1. The molecule has 3 aromatic rings. The van der Waals surface area contributed by atoms with Gasteiger partial charge in [-0.05, 0) is 54.6 Å². The minimum absolute atomic E-state index is 0.0305. The number of barbiturate groups is 1. The molecule has 0 spiro atoms. The first-order valence-corrected chi connectivity index (χ1v) is 9.83. The number of nitrogens with zero attached hydrogens (tertiary/aromatic N) is 2. The molecule has 2 heterocycles. The lowest BCUT2D eigenvalue weighted by molar-refractivity contribution is -0.122. The molecule has 1 aliphatic rings. The van der Waals surface area contributed by atoms with Crippen molar-refractivity contribution >= 4 is 52.8 Å². The van der Waals surface area contributed by atoms with Gasteiger partial charge in [-0.2, -0.15) is 0 Å². The fraction of sp³-hybridized carbons (Fsp3) is 0.0455. The average Bonchev–Trinajstić information content (AvgIpc) is 3.22. The molecule has 1 saturated heterocycles. The van der Waals surface area contributed by atoms with Crippen molar-refractivity contribution in [2.75, 3.05) is 12.0 Å². The number of methoxy groups -OCH3 is 1. The van der Waals surface area contributed by atoms with Crippen LogP contribution in [0.4, 0.5) is 10.5 Å². The summed E-state index contributed by atoms with van der Waals surface area (Å²) >= 11 is 12.2. The van der Waals surface area contributed by atoms with Crippen LogP contribution in [-0.2, 0) is 9.59 Å². The van der Waals surface area contributed by atoms with E-state index in [0.717, 1.165) is 10.6 Å². The summed E-state index contributed by atoms with van der Waals surface area (Å²) in [7, 11) is 1.58. The van der Waals surface area contributed by atoms with Gasteiger partial charge in [0.1, 0.15) is 11.3 Å². The van der Waals surface area contributed by atoms with Crippen molar-refractivity contribution < 1.29 is 19.1 Å². The van der Waals surface area contributed by atoms with Gasteiger partial charge in [-0.3, -0.25) is 14.9 Å². The summed E-state index contributed by atoms with van der Waals surface area (Å²) < 4.78 is 6.96. The number of imide groups is 2. The van der Waals surface area contributed by atoms with Crippen LogP contribution in [0.3, 0.4) is 0 Å². The van der Waals surface area contributed by atoms with E-state index in [4.69, 9.17) is 27.9 Å². The maximum atomic E-state index is 13.1. The van der Waals surface area contributed by atoms with Gasteiger partial charge in [-0.15, -0.1) is 0 Å². The molecule has 4 rings (SSSR count). The fourth-order valence-corrected chi connectivity index (χ4v) is 3.56. The van der Waals surface area contributed by atoms with Crippen LogP contribution in [0.15, 0.2) is 66.4 Å². The van der Waals surface area contributed by atoms with Crippen LogP contribution < -0.4 is 15.0 Å². The summed E-state index contributed by atoms with van der Waals surface area (Å²) in [5.74, 6) is -0.905. The molecule has 0 atom stereocenters. The first-order chi connectivity index (χ1) is 14.9. The van der Waals surface area contributed by atoms with Gasteiger partial charge in [-0.25, -0.2) is 9.69 Å². The lowest BCUT2D eigenvalue weighted by Crippen LogP contribution is -2.54. The van der Waals surface area contributed by atoms with Crippen molar-refractivity contribution in [3.8, 4) is 11.4 Å². The zero-order chi connectivity index (χ0) is 22.1. The fourth-order valence-electron chi connectivity index (χ4n) is 3.18. The van der Waals surface area contributed by atoms with E-state index in [2.05, 4.69) is 5.32 Å². The van der Waals surface area contributed by atoms with Crippen molar-refractivity contribution in [1.82, 2.24) is 9.88 Å². The Kier molecular flexibility index (Phi) is 5.54. The monoisotopic (exact) mass is 455 g/mol. The van der Waals surface area contributed by atoms with Crippen LogP contribution in [-0.4, -0.2) is 29.5 Å². The van der Waals surface area contributed by atoms with E-state index in [-0.39, 0.29) is 21.3 Å². The van der Waals surface area contributed by atoms with Crippen LogP contribution in [0.2, 0.25) is 10.0 Å². The summed E-state index contributed by atoms with van der Waals surface area (Å²) in [6, 6.07) is 14.4. The number of urea groups is 1. The molecule has 0 bridgehead atoms. The topological polar surface area (TPSA) is 80.6 Å². The van der Waals surface area contributed by atoms with Gasteiger partial charge in [0.2, 0.25) is 0 Å². The van der Waals surface area contributed by atoms with E-state index in [1.807, 2.05) is 12.1 Å². The molecule has 4 amide bonds. The molecule has 7 nitrogen and oxygen atoms in total. The summed E-state index contributed by atoms with van der Waals surface area (Å²) in [5, 5.41) is 2.38. The molecule has 31 heavy (non-hydrogen) atoms. The predicted molar refractivity (Wildman–Crippen MR) is 118 cm³/mol. The molecule has 0 saturated carbocycles. The summed E-state index contributed by atoms with van der Waals surface area (Å²) in [5.41, 5.74) is 1.23. The second kappa shape index (κ2) is 8.29. The maximum Gasteiger partial charge on any atom is 0.336 e. The van der Waals surface area contributed by atoms with Crippen molar-refractivity contribution in [3.05, 3.63) is 82.1 Å². The van der Waals surface area contributed by atoms with E-state index in [9.17, 15) is 14.4 Å². The second-order valence-corrected chi connectivity index (χ2v) is 7.32. The number of hydrogen-bond acceptors (Lipinski definition) is 4. The molecule has 2 aromatic carbocycles. The van der Waals surface area contributed by atoms with Gasteiger partial charge in [-0.1, -0.05) is 29.3 Å². The van der Waals surface area contributed by atoms with Crippen LogP contribution in [0.1, 0.15) is 5.69 Å². The smallest absolute Gasteiger partial charge is 0.336 e. The van der Waals surface area contributed by atoms with Gasteiger partial charge in [0, 0.05) is 17.6 Å². The van der Waals surface area contributed by atoms with E-state index >= 15 is 0 Å². The Morgan fingerprint density at radius 1 is 0.968 bits per heavy atom. The number of halogens is 2. The van der Waals surface area contributed by atoms with Gasteiger partial charge < -0.3 is 9.30 Å². The normalized spacial score (nSPS) is 15.4. The molecular weight excluding hydrogens is 441 g/mol. The SMILES string of the molecule is COc1ccc(-n2cccc2/C=C2\C(=O)NC(=O)N(c3cccc(Cl)c3Cl)C2=O)cc1. The highest BCUT2D eigenvalue weighted by Crippen LogP contribution is 2.34. The first kappa shape index (κ1) is 20.7. The first-order valence-electron chi connectivity index (χ1n) is 9.08. The van der Waals surface area contributed by atoms with Gasteiger partial charge >= 0.3 is 6.03 Å². The minimum Gasteiger partial charge on any atom is -0.497 e. The highest BCUT2D eigenvalue weighted by atomic mass is 35.5.